The van der Waals surface area contributed by atoms with E-state index in [2.05, 4.69) is 0 Å². The molecule has 11 nitrogen and oxygen atoms in total. The standard InChI is InChI=1S/C28H33F5N4O7/c1-25-8-11-6-13-14(36(2)3)7-12(9-35-10-26(29,30)28(31,32)33)18(38)16(13)19(39)15(11)22(41)27(25,44)23(42)17(24(34)43)20(40)21(25)37(4)5/h7,11,21,35,38,40-41,44H,6,8-10H2,1-5H3,(H2,34,43)/t11-,21-,25+,27-/m0/s1. The number of aliphatic hydroxyl groups is 3. The van der Waals surface area contributed by atoms with E-state index in [4.69, 9.17) is 5.73 Å². The van der Waals surface area contributed by atoms with Crippen LogP contribution in [-0.2, 0) is 22.6 Å². The number of halogens is 5. The molecule has 0 spiro atoms. The molecule has 242 valence electrons. The molecule has 0 saturated carbocycles. The van der Waals surface area contributed by atoms with E-state index in [1.54, 1.807) is 14.1 Å². The van der Waals surface area contributed by atoms with Crippen LogP contribution in [0, 0.1) is 11.3 Å². The highest BCUT2D eigenvalue weighted by molar-refractivity contribution is 6.25. The SMILES string of the molecule is CN(C)c1cc(CNCC(F)(F)C(F)(F)F)c(O)c2c1C[C@H]1C[C@]3(C)[C@@H](N(C)C)C(O)=C(C(N)=O)C(=O)[C@@]3(O)C(O)=C1C2=O. The Morgan fingerprint density at radius 1 is 1.11 bits per heavy atom. The van der Waals surface area contributed by atoms with E-state index in [0.29, 0.717) is 5.69 Å². The van der Waals surface area contributed by atoms with Crippen molar-refractivity contribution in [2.45, 2.75) is 50.1 Å². The fourth-order valence-electron chi connectivity index (χ4n) is 6.92. The number of fused-ring (bicyclic) bond motifs is 3. The predicted molar refractivity (Wildman–Crippen MR) is 145 cm³/mol. The number of nitrogens with two attached hydrogens (primary N) is 1. The minimum Gasteiger partial charge on any atom is -0.510 e. The van der Waals surface area contributed by atoms with Crippen LogP contribution >= 0.6 is 0 Å². The molecule has 44 heavy (non-hydrogen) atoms. The van der Waals surface area contributed by atoms with Crippen molar-refractivity contribution in [1.82, 2.24) is 10.2 Å². The summed E-state index contributed by atoms with van der Waals surface area (Å²) >= 11 is 0. The maximum Gasteiger partial charge on any atom is 0.454 e. The monoisotopic (exact) mass is 632 g/mol. The van der Waals surface area contributed by atoms with Crippen molar-refractivity contribution in [2.75, 3.05) is 39.6 Å². The van der Waals surface area contributed by atoms with Crippen LogP contribution in [0.25, 0.3) is 0 Å². The summed E-state index contributed by atoms with van der Waals surface area (Å²) in [4.78, 5) is 42.8. The number of aromatic hydroxyl groups is 1. The van der Waals surface area contributed by atoms with Crippen LogP contribution in [0.3, 0.4) is 0 Å². The molecule has 16 heteroatoms. The van der Waals surface area contributed by atoms with E-state index in [0.717, 1.165) is 0 Å². The number of nitrogens with zero attached hydrogens (tertiary/aromatic N) is 2. The molecule has 3 aliphatic rings. The first-order valence-electron chi connectivity index (χ1n) is 13.4. The molecule has 0 heterocycles. The number of primary amides is 1. The molecule has 4 rings (SSSR count). The van der Waals surface area contributed by atoms with Gasteiger partial charge in [0.05, 0.1) is 18.2 Å². The number of phenols is 1. The van der Waals surface area contributed by atoms with Crippen molar-refractivity contribution in [1.29, 1.82) is 0 Å². The summed E-state index contributed by atoms with van der Waals surface area (Å²) in [6.07, 6.45) is -6.04. The first kappa shape index (κ1) is 33.1. The number of likely N-dealkylation sites (N-methyl/N-ethyl adjacent to an activating group) is 1. The second-order valence-electron chi connectivity index (χ2n) is 12.1. The molecular weight excluding hydrogens is 599 g/mol. The van der Waals surface area contributed by atoms with Gasteiger partial charge in [0, 0.05) is 42.9 Å². The summed E-state index contributed by atoms with van der Waals surface area (Å²) in [6.45, 7) is -1.10. The summed E-state index contributed by atoms with van der Waals surface area (Å²) in [6, 6.07) is 0.105. The minimum atomic E-state index is -5.82. The number of rotatable bonds is 7. The van der Waals surface area contributed by atoms with E-state index >= 15 is 0 Å². The third-order valence-corrected chi connectivity index (χ3v) is 8.88. The highest BCUT2D eigenvalue weighted by Crippen LogP contribution is 2.59. The topological polar surface area (TPSA) is 177 Å². The smallest absolute Gasteiger partial charge is 0.454 e. The van der Waals surface area contributed by atoms with Crippen molar-refractivity contribution >= 4 is 23.2 Å². The number of aliphatic hydroxyl groups excluding tert-OH is 2. The zero-order valence-electron chi connectivity index (χ0n) is 24.4. The van der Waals surface area contributed by atoms with Gasteiger partial charge in [-0.25, -0.2) is 0 Å². The average molecular weight is 633 g/mol. The molecule has 0 saturated heterocycles. The molecule has 3 aliphatic carbocycles. The normalized spacial score (nSPS) is 27.4. The molecule has 1 aromatic carbocycles. The van der Waals surface area contributed by atoms with Crippen molar-refractivity contribution in [3.05, 3.63) is 45.4 Å². The quantitative estimate of drug-likeness (QED) is 0.192. The molecule has 0 aliphatic heterocycles. The largest absolute Gasteiger partial charge is 0.510 e. The molecule has 1 amide bonds. The Morgan fingerprint density at radius 3 is 2.20 bits per heavy atom. The van der Waals surface area contributed by atoms with Crippen molar-refractivity contribution < 1.29 is 56.8 Å². The highest BCUT2D eigenvalue weighted by Gasteiger charge is 2.69. The second-order valence-corrected chi connectivity index (χ2v) is 12.1. The zero-order chi connectivity index (χ0) is 33.5. The van der Waals surface area contributed by atoms with Gasteiger partial charge in [-0.05, 0) is 44.5 Å². The van der Waals surface area contributed by atoms with E-state index in [-0.39, 0.29) is 24.0 Å². The maximum absolute atomic E-state index is 14.0. The number of phenolic OH excluding ortho intramolecular Hbond substituents is 1. The number of amides is 1. The summed E-state index contributed by atoms with van der Waals surface area (Å²) in [5.74, 6) is -12.4. The lowest BCUT2D eigenvalue weighted by Gasteiger charge is -2.57. The minimum absolute atomic E-state index is 0.0471. The van der Waals surface area contributed by atoms with Gasteiger partial charge in [-0.1, -0.05) is 6.92 Å². The number of ketones is 2. The Hall–Kier alpha value is -3.76. The fraction of sp³-hybridized carbons (Fsp3) is 0.536. The molecule has 0 radical (unpaired) electrons. The summed E-state index contributed by atoms with van der Waals surface area (Å²) < 4.78 is 64.8. The third-order valence-electron chi connectivity index (χ3n) is 8.88. The summed E-state index contributed by atoms with van der Waals surface area (Å²) in [7, 11) is 6.15. The predicted octanol–water partition coefficient (Wildman–Crippen LogP) is 1.86. The van der Waals surface area contributed by atoms with Gasteiger partial charge in [0.2, 0.25) is 5.78 Å². The van der Waals surface area contributed by atoms with Crippen LogP contribution in [-0.4, -0.2) is 101 Å². The lowest BCUT2D eigenvalue weighted by atomic mass is 9.51. The Bertz CT molecular complexity index is 1520. The fourth-order valence-corrected chi connectivity index (χ4v) is 6.92. The van der Waals surface area contributed by atoms with Crippen molar-refractivity contribution in [3.63, 3.8) is 0 Å². The van der Waals surface area contributed by atoms with Crippen LogP contribution in [0.5, 0.6) is 5.75 Å². The number of allylic oxidation sites excluding steroid dienone is 1. The average Bonchev–Trinajstić information content (AvgIpc) is 2.86. The molecule has 7 N–H and O–H groups in total. The first-order chi connectivity index (χ1) is 20.0. The number of nitrogens with one attached hydrogen (secondary N) is 1. The van der Waals surface area contributed by atoms with Gasteiger partial charge >= 0.3 is 12.1 Å². The van der Waals surface area contributed by atoms with Gasteiger partial charge in [0.15, 0.2) is 11.4 Å². The zero-order valence-corrected chi connectivity index (χ0v) is 24.4. The second kappa shape index (κ2) is 10.4. The van der Waals surface area contributed by atoms with Crippen LogP contribution < -0.4 is 16.0 Å². The van der Waals surface area contributed by atoms with Crippen LogP contribution in [0.4, 0.5) is 27.6 Å². The molecule has 0 bridgehead atoms. The number of Topliss-reactive ketones (excluding diaryl/α,β-unsaturated/α-hetero) is 2. The van der Waals surface area contributed by atoms with Gasteiger partial charge in [0.25, 0.3) is 5.91 Å². The lowest BCUT2D eigenvalue weighted by molar-refractivity contribution is -0.279. The van der Waals surface area contributed by atoms with E-state index in [1.165, 1.54) is 36.9 Å². The Labute approximate surface area is 248 Å². The van der Waals surface area contributed by atoms with E-state index in [1.807, 2.05) is 5.32 Å². The molecule has 4 atom stereocenters. The highest BCUT2D eigenvalue weighted by atomic mass is 19.4. The van der Waals surface area contributed by atoms with Gasteiger partial charge < -0.3 is 36.4 Å². The number of hydrogen-bond donors (Lipinski definition) is 6. The van der Waals surface area contributed by atoms with Gasteiger partial charge in [-0.2, -0.15) is 22.0 Å². The molecular formula is C28H33F5N4O7. The third kappa shape index (κ3) is 4.53. The van der Waals surface area contributed by atoms with Crippen LogP contribution in [0.2, 0.25) is 0 Å². The number of hydrogen-bond acceptors (Lipinski definition) is 10. The van der Waals surface area contributed by atoms with Crippen molar-refractivity contribution in [2.24, 2.45) is 17.1 Å². The van der Waals surface area contributed by atoms with Gasteiger partial charge in [-0.15, -0.1) is 0 Å². The number of carbonyl (C=O) groups excluding carboxylic acids is 3. The molecule has 0 unspecified atom stereocenters. The molecule has 0 fully saturated rings. The van der Waals surface area contributed by atoms with Crippen LogP contribution in [0.1, 0.15) is 34.8 Å². The van der Waals surface area contributed by atoms with Gasteiger partial charge in [-0.3, -0.25) is 19.3 Å². The number of benzene rings is 1. The van der Waals surface area contributed by atoms with Crippen LogP contribution in [0.15, 0.2) is 28.7 Å². The van der Waals surface area contributed by atoms with Gasteiger partial charge in [0.1, 0.15) is 22.8 Å². The van der Waals surface area contributed by atoms with E-state index < -0.39 is 99.6 Å². The Balaban J connectivity index is 1.89. The number of anilines is 1. The van der Waals surface area contributed by atoms with E-state index in [9.17, 15) is 56.8 Å². The molecule has 1 aromatic rings. The summed E-state index contributed by atoms with van der Waals surface area (Å²) in [5, 5.41) is 47.5. The Morgan fingerprint density at radius 2 is 1.70 bits per heavy atom. The summed E-state index contributed by atoms with van der Waals surface area (Å²) in [5.41, 5.74) is -0.718. The Kier molecular flexibility index (Phi) is 7.84. The lowest BCUT2D eigenvalue weighted by Crippen LogP contribution is -2.69. The number of carbonyl (C=O) groups is 3. The first-order valence-corrected chi connectivity index (χ1v) is 13.4. The maximum atomic E-state index is 14.0. The number of alkyl halides is 5. The molecule has 0 aromatic heterocycles. The van der Waals surface area contributed by atoms with Crippen molar-refractivity contribution in [3.8, 4) is 5.75 Å².